The number of rotatable bonds is 3. The molecule has 104 valence electrons. The lowest BCUT2D eigenvalue weighted by Crippen LogP contribution is -2.36. The van der Waals surface area contributed by atoms with Crippen LogP contribution >= 0.6 is 11.8 Å². The molecule has 0 aromatic rings. The first kappa shape index (κ1) is 13.0. The lowest BCUT2D eigenvalue weighted by Gasteiger charge is -2.17. The third kappa shape index (κ3) is 3.11. The van der Waals surface area contributed by atoms with Crippen molar-refractivity contribution in [1.82, 2.24) is 5.32 Å². The van der Waals surface area contributed by atoms with Crippen LogP contribution in [-0.4, -0.2) is 28.3 Å². The number of thioether (sulfide) groups is 1. The zero-order valence-electron chi connectivity index (χ0n) is 10.8. The van der Waals surface area contributed by atoms with E-state index in [1.165, 1.54) is 31.0 Å². The SMILES string of the molecule is NC1=NC(=O)C(CC(=O)NC2CCC3CC3CC2)S1. The van der Waals surface area contributed by atoms with Crippen molar-refractivity contribution in [3.8, 4) is 0 Å². The highest BCUT2D eigenvalue weighted by molar-refractivity contribution is 8.15. The molecule has 2 aliphatic carbocycles. The Bertz CT molecular complexity index is 426. The van der Waals surface area contributed by atoms with Crippen molar-refractivity contribution >= 4 is 28.7 Å². The van der Waals surface area contributed by atoms with Crippen molar-refractivity contribution in [2.45, 2.75) is 49.8 Å². The van der Waals surface area contributed by atoms with Gasteiger partial charge >= 0.3 is 0 Å². The first-order chi connectivity index (χ1) is 9.11. The highest BCUT2D eigenvalue weighted by Gasteiger charge is 2.39. The Morgan fingerprint density at radius 1 is 1.32 bits per heavy atom. The summed E-state index contributed by atoms with van der Waals surface area (Å²) in [4.78, 5) is 27.0. The molecule has 3 rings (SSSR count). The van der Waals surface area contributed by atoms with Gasteiger partial charge in [-0.3, -0.25) is 9.59 Å². The highest BCUT2D eigenvalue weighted by atomic mass is 32.2. The van der Waals surface area contributed by atoms with Gasteiger partial charge in [0.15, 0.2) is 5.17 Å². The summed E-state index contributed by atoms with van der Waals surface area (Å²) < 4.78 is 0. The van der Waals surface area contributed by atoms with Gasteiger partial charge in [-0.2, -0.15) is 4.99 Å². The molecule has 3 N–H and O–H groups in total. The minimum absolute atomic E-state index is 0.0451. The molecule has 0 saturated heterocycles. The van der Waals surface area contributed by atoms with Crippen LogP contribution in [0.5, 0.6) is 0 Å². The van der Waals surface area contributed by atoms with Crippen LogP contribution in [0.2, 0.25) is 0 Å². The average Bonchev–Trinajstić information content (AvgIpc) is 3.03. The zero-order chi connectivity index (χ0) is 13.4. The van der Waals surface area contributed by atoms with Crippen molar-refractivity contribution < 1.29 is 9.59 Å². The summed E-state index contributed by atoms with van der Waals surface area (Å²) in [6, 6.07) is 0.292. The minimum Gasteiger partial charge on any atom is -0.378 e. The Hall–Kier alpha value is -1.04. The average molecular weight is 281 g/mol. The molecule has 3 unspecified atom stereocenters. The van der Waals surface area contributed by atoms with E-state index in [1.54, 1.807) is 0 Å². The first-order valence-electron chi connectivity index (χ1n) is 6.96. The Balaban J connectivity index is 1.45. The Labute approximate surface area is 116 Å². The van der Waals surface area contributed by atoms with Gasteiger partial charge in [0.25, 0.3) is 5.91 Å². The van der Waals surface area contributed by atoms with Gasteiger partial charge in [0.2, 0.25) is 5.91 Å². The fraction of sp³-hybridized carbons (Fsp3) is 0.769. The standard InChI is InChI=1S/C13H19N3O2S/c14-13-16-12(18)10(19-13)6-11(17)15-9-3-1-7-5-8(7)2-4-9/h7-10H,1-6H2,(H,15,17)(H2,14,16,18). The minimum atomic E-state index is -0.417. The summed E-state index contributed by atoms with van der Waals surface area (Å²) in [5.74, 6) is 1.51. The number of nitrogens with one attached hydrogen (secondary N) is 1. The molecule has 2 saturated carbocycles. The van der Waals surface area contributed by atoms with E-state index in [1.807, 2.05) is 0 Å². The van der Waals surface area contributed by atoms with Crippen molar-refractivity contribution in [3.05, 3.63) is 0 Å². The molecule has 6 heteroatoms. The number of nitrogens with zero attached hydrogens (tertiary/aromatic N) is 1. The second kappa shape index (κ2) is 5.15. The molecule has 3 atom stereocenters. The van der Waals surface area contributed by atoms with Gasteiger partial charge in [-0.1, -0.05) is 11.8 Å². The fourth-order valence-corrected chi connectivity index (χ4v) is 3.95. The van der Waals surface area contributed by atoms with E-state index >= 15 is 0 Å². The normalized spacial score (nSPS) is 37.3. The third-order valence-corrected chi connectivity index (χ3v) is 5.32. The molecule has 1 aliphatic heterocycles. The fourth-order valence-electron chi connectivity index (χ4n) is 3.12. The van der Waals surface area contributed by atoms with Gasteiger partial charge in [-0.15, -0.1) is 0 Å². The smallest absolute Gasteiger partial charge is 0.262 e. The number of hydrogen-bond acceptors (Lipinski definition) is 4. The third-order valence-electron chi connectivity index (χ3n) is 4.34. The van der Waals surface area contributed by atoms with Crippen molar-refractivity contribution in [2.75, 3.05) is 0 Å². The van der Waals surface area contributed by atoms with E-state index in [0.717, 1.165) is 24.7 Å². The maximum absolute atomic E-state index is 12.0. The summed E-state index contributed by atoms with van der Waals surface area (Å²) in [5.41, 5.74) is 5.48. The van der Waals surface area contributed by atoms with E-state index in [9.17, 15) is 9.59 Å². The van der Waals surface area contributed by atoms with Gasteiger partial charge in [-0.25, -0.2) is 0 Å². The van der Waals surface area contributed by atoms with Crippen LogP contribution in [-0.2, 0) is 9.59 Å². The zero-order valence-corrected chi connectivity index (χ0v) is 11.6. The predicted octanol–water partition coefficient (Wildman–Crippen LogP) is 1.03. The predicted molar refractivity (Wildman–Crippen MR) is 74.6 cm³/mol. The van der Waals surface area contributed by atoms with Gasteiger partial charge < -0.3 is 11.1 Å². The summed E-state index contributed by atoms with van der Waals surface area (Å²) in [6.07, 6.45) is 6.22. The monoisotopic (exact) mass is 281 g/mol. The number of amidine groups is 1. The van der Waals surface area contributed by atoms with Crippen molar-refractivity contribution in [1.29, 1.82) is 0 Å². The van der Waals surface area contributed by atoms with E-state index in [-0.39, 0.29) is 23.4 Å². The second-order valence-electron chi connectivity index (χ2n) is 5.77. The molecule has 0 spiro atoms. The van der Waals surface area contributed by atoms with Gasteiger partial charge in [0.1, 0.15) is 5.25 Å². The maximum Gasteiger partial charge on any atom is 0.262 e. The summed E-state index contributed by atoms with van der Waals surface area (Å²) in [7, 11) is 0. The van der Waals surface area contributed by atoms with Gasteiger partial charge in [-0.05, 0) is 43.9 Å². The lowest BCUT2D eigenvalue weighted by atomic mass is 10.1. The Morgan fingerprint density at radius 3 is 2.58 bits per heavy atom. The van der Waals surface area contributed by atoms with E-state index in [0.29, 0.717) is 6.04 Å². The number of carbonyl (C=O) groups excluding carboxylic acids is 2. The first-order valence-corrected chi connectivity index (χ1v) is 7.84. The van der Waals surface area contributed by atoms with E-state index in [4.69, 9.17) is 5.73 Å². The molecule has 2 amide bonds. The molecule has 2 fully saturated rings. The molecular formula is C13H19N3O2S. The van der Waals surface area contributed by atoms with Gasteiger partial charge in [0.05, 0.1) is 0 Å². The van der Waals surface area contributed by atoms with E-state index in [2.05, 4.69) is 10.3 Å². The molecule has 1 heterocycles. The van der Waals surface area contributed by atoms with Crippen LogP contribution in [0.1, 0.15) is 38.5 Å². The highest BCUT2D eigenvalue weighted by Crippen LogP contribution is 2.47. The van der Waals surface area contributed by atoms with Crippen LogP contribution in [0.4, 0.5) is 0 Å². The molecular weight excluding hydrogens is 262 g/mol. The summed E-state index contributed by atoms with van der Waals surface area (Å²) in [6.45, 7) is 0. The number of fused-ring (bicyclic) bond motifs is 1. The van der Waals surface area contributed by atoms with Crippen LogP contribution in [0.3, 0.4) is 0 Å². The molecule has 0 bridgehead atoms. The number of carbonyl (C=O) groups is 2. The number of nitrogens with two attached hydrogens (primary N) is 1. The van der Waals surface area contributed by atoms with Crippen LogP contribution < -0.4 is 11.1 Å². The maximum atomic E-state index is 12.0. The van der Waals surface area contributed by atoms with Crippen LogP contribution in [0, 0.1) is 11.8 Å². The number of hydrogen-bond donors (Lipinski definition) is 2. The number of amides is 2. The molecule has 0 aromatic carbocycles. The molecule has 3 aliphatic rings. The topological polar surface area (TPSA) is 84.5 Å². The molecule has 0 aromatic heterocycles. The molecule has 0 radical (unpaired) electrons. The van der Waals surface area contributed by atoms with Gasteiger partial charge in [0, 0.05) is 12.5 Å². The quantitative estimate of drug-likeness (QED) is 0.809. The van der Waals surface area contributed by atoms with Crippen molar-refractivity contribution in [2.24, 2.45) is 22.6 Å². The largest absolute Gasteiger partial charge is 0.378 e. The summed E-state index contributed by atoms with van der Waals surface area (Å²) in [5, 5.41) is 2.92. The second-order valence-corrected chi connectivity index (χ2v) is 7.00. The Morgan fingerprint density at radius 2 is 2.00 bits per heavy atom. The Kier molecular flexibility index (Phi) is 3.52. The van der Waals surface area contributed by atoms with Crippen molar-refractivity contribution in [3.63, 3.8) is 0 Å². The summed E-state index contributed by atoms with van der Waals surface area (Å²) >= 11 is 1.19. The van der Waals surface area contributed by atoms with Crippen LogP contribution in [0.25, 0.3) is 0 Å². The number of aliphatic imine (C=N–C) groups is 1. The van der Waals surface area contributed by atoms with Crippen LogP contribution in [0.15, 0.2) is 4.99 Å². The molecule has 19 heavy (non-hydrogen) atoms. The van der Waals surface area contributed by atoms with E-state index < -0.39 is 5.25 Å². The molecule has 5 nitrogen and oxygen atoms in total. The lowest BCUT2D eigenvalue weighted by molar-refractivity contribution is -0.125.